The predicted molar refractivity (Wildman–Crippen MR) is 137 cm³/mol. The van der Waals surface area contributed by atoms with Crippen molar-refractivity contribution in [3.05, 3.63) is 61.0 Å². The first-order valence-electron chi connectivity index (χ1n) is 11.3. The van der Waals surface area contributed by atoms with Gasteiger partial charge in [-0.1, -0.05) is 110 Å². The molecule has 0 aromatic heterocycles. The number of amides is 2. The Bertz CT molecular complexity index is 1060. The second-order valence-electron chi connectivity index (χ2n) is 8.08. The molecule has 0 spiro atoms. The van der Waals surface area contributed by atoms with Gasteiger partial charge in [-0.2, -0.15) is 0 Å². The van der Waals surface area contributed by atoms with Crippen molar-refractivity contribution in [1.82, 2.24) is 0 Å². The smallest absolute Gasteiger partial charge is 0.340 e. The number of hydrogen-bond acceptors (Lipinski definition) is 4. The van der Waals surface area contributed by atoms with E-state index in [0.717, 1.165) is 24.2 Å². The van der Waals surface area contributed by atoms with Crippen LogP contribution in [0.4, 0.5) is 5.69 Å². The lowest BCUT2D eigenvalue weighted by Gasteiger charge is -2.17. The number of nitrogens with zero attached hydrogens (tertiary/aromatic N) is 1. The summed E-state index contributed by atoms with van der Waals surface area (Å²) < 4.78 is 5.42. The van der Waals surface area contributed by atoms with Crippen molar-refractivity contribution in [3.63, 3.8) is 0 Å². The third kappa shape index (κ3) is 5.54. The number of benzene rings is 2. The summed E-state index contributed by atoms with van der Waals surface area (Å²) >= 11 is 24.6. The van der Waals surface area contributed by atoms with Crippen LogP contribution in [-0.4, -0.2) is 24.4 Å². The van der Waals surface area contributed by atoms with Crippen LogP contribution in [0, 0.1) is 0 Å². The summed E-state index contributed by atoms with van der Waals surface area (Å²) in [6, 6.07) is 6.22. The van der Waals surface area contributed by atoms with Crippen LogP contribution in [0.25, 0.3) is 0 Å². The second-order valence-corrected chi connectivity index (χ2v) is 9.59. The molecule has 0 unspecified atom stereocenters. The predicted octanol–water partition coefficient (Wildman–Crippen LogP) is 8.40. The van der Waals surface area contributed by atoms with Gasteiger partial charge in [0.25, 0.3) is 11.8 Å². The summed E-state index contributed by atoms with van der Waals surface area (Å²) in [7, 11) is 0. The van der Waals surface area contributed by atoms with Gasteiger partial charge in [0, 0.05) is 0 Å². The van der Waals surface area contributed by atoms with Crippen molar-refractivity contribution in [2.24, 2.45) is 0 Å². The third-order valence-corrected chi connectivity index (χ3v) is 7.50. The standard InChI is InChI=1S/C25H25Cl4NO4/c1-2-3-4-5-6-7-8-11-14-34-25(33)15-12-9-10-13-16(15)30-23(31)17-18(24(30)32)20(27)22(29)21(28)19(17)26/h9-10,12-13H,2-8,11,14H2,1H3. The molecule has 5 nitrogen and oxygen atoms in total. The molecule has 0 atom stereocenters. The topological polar surface area (TPSA) is 63.7 Å². The minimum absolute atomic E-state index is 0.0778. The van der Waals surface area contributed by atoms with Gasteiger partial charge in [0.05, 0.1) is 49.1 Å². The van der Waals surface area contributed by atoms with E-state index in [1.807, 2.05) is 0 Å². The highest BCUT2D eigenvalue weighted by Gasteiger charge is 2.43. The Kier molecular flexibility index (Phi) is 9.66. The molecule has 0 fully saturated rings. The molecule has 182 valence electrons. The van der Waals surface area contributed by atoms with Gasteiger partial charge >= 0.3 is 5.97 Å². The fraction of sp³-hybridized carbons (Fsp3) is 0.400. The Morgan fingerprint density at radius 1 is 0.765 bits per heavy atom. The van der Waals surface area contributed by atoms with E-state index in [2.05, 4.69) is 6.92 Å². The van der Waals surface area contributed by atoms with Crippen molar-refractivity contribution in [1.29, 1.82) is 0 Å². The molecule has 1 aliphatic heterocycles. The number of anilines is 1. The molecule has 34 heavy (non-hydrogen) atoms. The van der Waals surface area contributed by atoms with Crippen molar-refractivity contribution < 1.29 is 19.1 Å². The minimum atomic E-state index is -0.742. The van der Waals surface area contributed by atoms with Crippen LogP contribution in [0.3, 0.4) is 0 Å². The number of para-hydroxylation sites is 1. The summed E-state index contributed by atoms with van der Waals surface area (Å²) in [5.74, 6) is -2.11. The zero-order valence-electron chi connectivity index (χ0n) is 18.8. The van der Waals surface area contributed by atoms with Crippen LogP contribution in [0.1, 0.15) is 89.4 Å². The largest absolute Gasteiger partial charge is 0.462 e. The van der Waals surface area contributed by atoms with Gasteiger partial charge in [-0.15, -0.1) is 0 Å². The summed E-state index contributed by atoms with van der Waals surface area (Å²) in [5.41, 5.74) is -0.128. The van der Waals surface area contributed by atoms with Crippen LogP contribution in [-0.2, 0) is 4.74 Å². The van der Waals surface area contributed by atoms with Gasteiger partial charge in [0.1, 0.15) is 0 Å². The number of carbonyl (C=O) groups excluding carboxylic acids is 3. The van der Waals surface area contributed by atoms with E-state index < -0.39 is 17.8 Å². The van der Waals surface area contributed by atoms with Gasteiger partial charge in [-0.05, 0) is 18.6 Å². The maximum atomic E-state index is 13.2. The number of imide groups is 1. The molecule has 3 rings (SSSR count). The number of halogens is 4. The molecule has 2 aromatic carbocycles. The molecule has 2 amide bonds. The number of fused-ring (bicyclic) bond motifs is 1. The molecule has 2 aromatic rings. The van der Waals surface area contributed by atoms with Crippen molar-refractivity contribution in [3.8, 4) is 0 Å². The summed E-state index contributed by atoms with van der Waals surface area (Å²) in [4.78, 5) is 39.9. The number of unbranched alkanes of at least 4 members (excludes halogenated alkanes) is 7. The molecule has 0 radical (unpaired) electrons. The molecule has 0 N–H and O–H groups in total. The highest BCUT2D eigenvalue weighted by atomic mass is 35.5. The van der Waals surface area contributed by atoms with E-state index >= 15 is 0 Å². The molecular weight excluding hydrogens is 520 g/mol. The summed E-state index contributed by atoms with van der Waals surface area (Å²) in [6.45, 7) is 2.45. The van der Waals surface area contributed by atoms with Crippen LogP contribution >= 0.6 is 46.4 Å². The highest BCUT2D eigenvalue weighted by molar-refractivity contribution is 6.56. The van der Waals surface area contributed by atoms with Gasteiger partial charge in [0.2, 0.25) is 0 Å². The molecule has 0 saturated carbocycles. The van der Waals surface area contributed by atoms with Crippen LogP contribution in [0.15, 0.2) is 24.3 Å². The third-order valence-electron chi connectivity index (χ3n) is 5.70. The summed E-state index contributed by atoms with van der Waals surface area (Å²) in [5, 5.41) is -0.565. The molecular formula is C25H25Cl4NO4. The van der Waals surface area contributed by atoms with Gasteiger partial charge in [-0.3, -0.25) is 9.59 Å². The monoisotopic (exact) mass is 543 g/mol. The van der Waals surface area contributed by atoms with E-state index in [-0.39, 0.29) is 49.1 Å². The molecule has 9 heteroatoms. The molecule has 0 bridgehead atoms. The molecule has 1 aliphatic rings. The van der Waals surface area contributed by atoms with E-state index in [4.69, 9.17) is 51.1 Å². The van der Waals surface area contributed by atoms with E-state index in [1.165, 1.54) is 44.2 Å². The fourth-order valence-corrected chi connectivity index (χ4v) is 4.90. The fourth-order valence-electron chi connectivity index (χ4n) is 3.89. The Morgan fingerprint density at radius 3 is 1.82 bits per heavy atom. The van der Waals surface area contributed by atoms with Crippen LogP contribution in [0.5, 0.6) is 0 Å². The van der Waals surface area contributed by atoms with Crippen LogP contribution < -0.4 is 4.90 Å². The number of hydrogen-bond donors (Lipinski definition) is 0. The Labute approximate surface area is 219 Å². The highest BCUT2D eigenvalue weighted by Crippen LogP contribution is 2.46. The van der Waals surface area contributed by atoms with Gasteiger partial charge in [-0.25, -0.2) is 9.69 Å². The Balaban J connectivity index is 1.70. The van der Waals surface area contributed by atoms with Crippen molar-refractivity contribution in [2.75, 3.05) is 11.5 Å². The number of ether oxygens (including phenoxy) is 1. The SMILES string of the molecule is CCCCCCCCCCOC(=O)c1ccccc1N1C(=O)c2c(Cl)c(Cl)c(Cl)c(Cl)c2C1=O. The quantitative estimate of drug-likeness (QED) is 0.0936. The zero-order chi connectivity index (χ0) is 24.8. The second kappa shape index (κ2) is 12.3. The Morgan fingerprint density at radius 2 is 1.26 bits per heavy atom. The van der Waals surface area contributed by atoms with E-state index in [9.17, 15) is 14.4 Å². The first-order chi connectivity index (χ1) is 16.3. The lowest BCUT2D eigenvalue weighted by atomic mass is 10.1. The van der Waals surface area contributed by atoms with Gasteiger partial charge < -0.3 is 4.74 Å². The number of carbonyl (C=O) groups is 3. The maximum absolute atomic E-state index is 13.2. The average molecular weight is 545 g/mol. The lowest BCUT2D eigenvalue weighted by molar-refractivity contribution is 0.0498. The lowest BCUT2D eigenvalue weighted by Crippen LogP contribution is -2.31. The normalized spacial score (nSPS) is 12.9. The minimum Gasteiger partial charge on any atom is -0.462 e. The van der Waals surface area contributed by atoms with E-state index in [0.29, 0.717) is 0 Å². The molecule has 1 heterocycles. The number of rotatable bonds is 11. The maximum Gasteiger partial charge on any atom is 0.340 e. The average Bonchev–Trinajstić information content (AvgIpc) is 3.10. The Hall–Kier alpha value is -1.79. The molecule has 0 saturated heterocycles. The van der Waals surface area contributed by atoms with Crippen molar-refractivity contribution in [2.45, 2.75) is 58.3 Å². The first-order valence-corrected chi connectivity index (χ1v) is 12.8. The number of esters is 1. The molecule has 0 aliphatic carbocycles. The van der Waals surface area contributed by atoms with Gasteiger partial charge in [0.15, 0.2) is 0 Å². The van der Waals surface area contributed by atoms with E-state index in [1.54, 1.807) is 12.1 Å². The van der Waals surface area contributed by atoms with Crippen molar-refractivity contribution >= 4 is 69.9 Å². The summed E-state index contributed by atoms with van der Waals surface area (Å²) in [6.07, 6.45) is 8.97. The first kappa shape index (κ1) is 26.8. The zero-order valence-corrected chi connectivity index (χ0v) is 21.8. The van der Waals surface area contributed by atoms with Crippen LogP contribution in [0.2, 0.25) is 20.1 Å².